The molecular weight excluding hydrogens is 373 g/mol. The van der Waals surface area contributed by atoms with Crippen molar-refractivity contribution >= 4 is 22.9 Å². The van der Waals surface area contributed by atoms with Crippen molar-refractivity contribution in [1.82, 2.24) is 4.98 Å². The van der Waals surface area contributed by atoms with Gasteiger partial charge in [-0.2, -0.15) is 8.78 Å². The number of anilines is 1. The Kier molecular flexibility index (Phi) is 7.67. The summed E-state index contributed by atoms with van der Waals surface area (Å²) >= 11 is 1.29. The van der Waals surface area contributed by atoms with Crippen molar-refractivity contribution in [2.24, 2.45) is 0 Å². The number of aliphatic hydroxyl groups is 1. The first-order chi connectivity index (χ1) is 12.5. The number of aliphatic hydroxyl groups excluding tert-OH is 1. The van der Waals surface area contributed by atoms with Crippen molar-refractivity contribution in [2.45, 2.75) is 38.6 Å². The minimum Gasteiger partial charge on any atom is -0.486 e. The van der Waals surface area contributed by atoms with Gasteiger partial charge < -0.3 is 19.9 Å². The van der Waals surface area contributed by atoms with E-state index in [0.717, 1.165) is 37.5 Å². The lowest BCUT2D eigenvalue weighted by molar-refractivity contribution is -0.105. The van der Waals surface area contributed by atoms with Crippen molar-refractivity contribution in [3.05, 3.63) is 35.1 Å². The summed E-state index contributed by atoms with van der Waals surface area (Å²) < 4.78 is 46.7. The van der Waals surface area contributed by atoms with E-state index in [1.807, 2.05) is 0 Å². The van der Waals surface area contributed by atoms with Crippen LogP contribution in [0.2, 0.25) is 0 Å². The van der Waals surface area contributed by atoms with E-state index in [4.69, 9.17) is 9.84 Å². The van der Waals surface area contributed by atoms with E-state index in [1.165, 1.54) is 11.3 Å². The molecule has 2 aromatic rings. The first-order valence-corrected chi connectivity index (χ1v) is 8.56. The Morgan fingerprint density at radius 1 is 1.38 bits per heavy atom. The molecule has 1 aliphatic carbocycles. The molecule has 6 nitrogen and oxygen atoms in total. The quantitative estimate of drug-likeness (QED) is 0.707. The molecule has 0 spiro atoms. The predicted molar refractivity (Wildman–Crippen MR) is 89.0 cm³/mol. The first-order valence-electron chi connectivity index (χ1n) is 7.68. The molecule has 1 aromatic heterocycles. The van der Waals surface area contributed by atoms with E-state index in [1.54, 1.807) is 5.38 Å². The summed E-state index contributed by atoms with van der Waals surface area (Å²) in [5.41, 5.74) is 0.578. The fourth-order valence-electron chi connectivity index (χ4n) is 1.93. The van der Waals surface area contributed by atoms with Crippen LogP contribution in [0.25, 0.3) is 0 Å². The van der Waals surface area contributed by atoms with Gasteiger partial charge in [-0.25, -0.2) is 9.37 Å². The molecule has 1 aliphatic rings. The van der Waals surface area contributed by atoms with Gasteiger partial charge in [-0.15, -0.1) is 11.3 Å². The van der Waals surface area contributed by atoms with Gasteiger partial charge >= 0.3 is 6.61 Å². The van der Waals surface area contributed by atoms with Gasteiger partial charge in [0.25, 0.3) is 0 Å². The minimum atomic E-state index is -2.94. The zero-order valence-electron chi connectivity index (χ0n) is 13.5. The number of aromatic nitrogens is 1. The standard InChI is InChI=1S/C11H11F3O2.C5H6N2O2S/c12-7-4-5-9(16-11(13)14)10(6-7)15-8-2-1-3-8;8-1-4-2-10-5(7-4)6-3-9/h4-6,8,11H,1-3H2;2-3,8H,1H2,(H,6,7,9). The maximum Gasteiger partial charge on any atom is 0.387 e. The zero-order valence-corrected chi connectivity index (χ0v) is 14.3. The summed E-state index contributed by atoms with van der Waals surface area (Å²) in [6, 6.07) is 3.27. The summed E-state index contributed by atoms with van der Waals surface area (Å²) in [5.74, 6) is -0.607. The summed E-state index contributed by atoms with van der Waals surface area (Å²) in [6.07, 6.45) is 3.32. The van der Waals surface area contributed by atoms with E-state index >= 15 is 0 Å². The van der Waals surface area contributed by atoms with E-state index in [9.17, 15) is 18.0 Å². The van der Waals surface area contributed by atoms with Gasteiger partial charge in [0.05, 0.1) is 18.4 Å². The molecule has 1 aromatic carbocycles. The van der Waals surface area contributed by atoms with E-state index in [-0.39, 0.29) is 24.2 Å². The maximum atomic E-state index is 12.9. The van der Waals surface area contributed by atoms with Gasteiger partial charge in [-0.1, -0.05) is 0 Å². The normalized spacial score (nSPS) is 13.4. The summed E-state index contributed by atoms with van der Waals surface area (Å²) in [7, 11) is 0. The van der Waals surface area contributed by atoms with Crippen LogP contribution in [-0.4, -0.2) is 29.2 Å². The second-order valence-corrected chi connectivity index (χ2v) is 6.06. The Labute approximate surface area is 151 Å². The average molecular weight is 390 g/mol. The number of rotatable bonds is 7. The minimum absolute atomic E-state index is 0.0122. The monoisotopic (exact) mass is 390 g/mol. The molecule has 0 radical (unpaired) electrons. The largest absolute Gasteiger partial charge is 0.486 e. The molecule has 0 bridgehead atoms. The van der Waals surface area contributed by atoms with Crippen LogP contribution in [0.15, 0.2) is 23.6 Å². The Hall–Kier alpha value is -2.33. The summed E-state index contributed by atoms with van der Waals surface area (Å²) in [5, 5.41) is 13.1. The third-order valence-corrected chi connectivity index (χ3v) is 4.19. The second-order valence-electron chi connectivity index (χ2n) is 5.20. The third kappa shape index (κ3) is 6.19. The summed E-state index contributed by atoms with van der Waals surface area (Å²) in [4.78, 5) is 13.7. The predicted octanol–water partition coefficient (Wildman–Crippen LogP) is 3.56. The van der Waals surface area contributed by atoms with Gasteiger partial charge in [-0.05, 0) is 31.4 Å². The molecule has 142 valence electrons. The number of thiazole rings is 1. The number of amides is 1. The Balaban J connectivity index is 0.000000209. The van der Waals surface area contributed by atoms with Crippen LogP contribution in [0.3, 0.4) is 0 Å². The maximum absolute atomic E-state index is 12.9. The molecule has 0 aliphatic heterocycles. The molecule has 0 atom stereocenters. The summed E-state index contributed by atoms with van der Waals surface area (Å²) in [6.45, 7) is -3.02. The van der Waals surface area contributed by atoms with Crippen LogP contribution < -0.4 is 14.8 Å². The Bertz CT molecular complexity index is 711. The van der Waals surface area contributed by atoms with Crippen molar-refractivity contribution in [2.75, 3.05) is 5.32 Å². The molecule has 1 heterocycles. The number of ether oxygens (including phenoxy) is 2. The SMILES string of the molecule is Fc1ccc(OC(F)F)c(OC2CCC2)c1.O=CNc1nc(CO)cs1. The van der Waals surface area contributed by atoms with Gasteiger partial charge in [0.1, 0.15) is 5.82 Å². The molecule has 1 amide bonds. The number of carbonyl (C=O) groups excluding carboxylic acids is 1. The number of hydrogen-bond donors (Lipinski definition) is 2. The van der Waals surface area contributed by atoms with E-state index < -0.39 is 12.4 Å². The highest BCUT2D eigenvalue weighted by Crippen LogP contribution is 2.33. The number of alkyl halides is 2. The fourth-order valence-corrected chi connectivity index (χ4v) is 2.59. The number of carbonyl (C=O) groups is 1. The van der Waals surface area contributed by atoms with Gasteiger partial charge in [-0.3, -0.25) is 4.79 Å². The highest BCUT2D eigenvalue weighted by molar-refractivity contribution is 7.13. The molecule has 1 saturated carbocycles. The lowest BCUT2D eigenvalue weighted by Crippen LogP contribution is -2.25. The molecular formula is C16H17F3N2O4S. The van der Waals surface area contributed by atoms with Crippen LogP contribution in [0.4, 0.5) is 18.3 Å². The highest BCUT2D eigenvalue weighted by atomic mass is 32.1. The number of hydrogen-bond acceptors (Lipinski definition) is 6. The molecule has 0 saturated heterocycles. The Morgan fingerprint density at radius 3 is 2.69 bits per heavy atom. The topological polar surface area (TPSA) is 80.7 Å². The molecule has 10 heteroatoms. The second kappa shape index (κ2) is 9.97. The molecule has 2 N–H and O–H groups in total. The van der Waals surface area contributed by atoms with Gasteiger partial charge in [0.2, 0.25) is 6.41 Å². The molecule has 0 unspecified atom stereocenters. The van der Waals surface area contributed by atoms with Crippen molar-refractivity contribution in [3.8, 4) is 11.5 Å². The van der Waals surface area contributed by atoms with Crippen LogP contribution in [0, 0.1) is 5.82 Å². The van der Waals surface area contributed by atoms with E-state index in [2.05, 4.69) is 15.0 Å². The lowest BCUT2D eigenvalue weighted by Gasteiger charge is -2.27. The van der Waals surface area contributed by atoms with Gasteiger partial charge in [0, 0.05) is 11.4 Å². The van der Waals surface area contributed by atoms with E-state index in [0.29, 0.717) is 17.2 Å². The van der Waals surface area contributed by atoms with Crippen LogP contribution in [0.1, 0.15) is 25.0 Å². The number of nitrogens with one attached hydrogen (secondary N) is 1. The average Bonchev–Trinajstić information content (AvgIpc) is 3.02. The molecule has 1 fully saturated rings. The van der Waals surface area contributed by atoms with Crippen molar-refractivity contribution < 1.29 is 32.5 Å². The molecule has 3 rings (SSSR count). The smallest absolute Gasteiger partial charge is 0.387 e. The van der Waals surface area contributed by atoms with Gasteiger partial charge in [0.15, 0.2) is 16.6 Å². The lowest BCUT2D eigenvalue weighted by atomic mass is 9.96. The van der Waals surface area contributed by atoms with Crippen LogP contribution >= 0.6 is 11.3 Å². The number of halogens is 3. The van der Waals surface area contributed by atoms with Crippen LogP contribution in [0.5, 0.6) is 11.5 Å². The zero-order chi connectivity index (χ0) is 18.9. The van der Waals surface area contributed by atoms with Crippen molar-refractivity contribution in [1.29, 1.82) is 0 Å². The first kappa shape index (κ1) is 20.0. The Morgan fingerprint density at radius 2 is 2.15 bits per heavy atom. The fraction of sp³-hybridized carbons (Fsp3) is 0.375. The number of benzene rings is 1. The van der Waals surface area contributed by atoms with Crippen molar-refractivity contribution in [3.63, 3.8) is 0 Å². The third-order valence-electron chi connectivity index (χ3n) is 3.36. The highest BCUT2D eigenvalue weighted by Gasteiger charge is 2.22. The molecule has 26 heavy (non-hydrogen) atoms. The van der Waals surface area contributed by atoms with Crippen LogP contribution in [-0.2, 0) is 11.4 Å². The number of nitrogens with zero attached hydrogens (tertiary/aromatic N) is 1.